The highest BCUT2D eigenvalue weighted by atomic mass is 32.2. The number of nitrogens with one attached hydrogen (secondary N) is 1. The molecule has 0 amide bonds. The molecule has 0 saturated carbocycles. The Balaban J connectivity index is 2.36. The van der Waals surface area contributed by atoms with Gasteiger partial charge in [-0.05, 0) is 6.92 Å². The lowest BCUT2D eigenvalue weighted by Gasteiger charge is -2.16. The van der Waals surface area contributed by atoms with Gasteiger partial charge in [0.2, 0.25) is 0 Å². The Bertz CT molecular complexity index is 258. The third-order valence-electron chi connectivity index (χ3n) is 1.57. The minimum atomic E-state index is 0.100. The zero-order valence-corrected chi connectivity index (χ0v) is 10.6. The van der Waals surface area contributed by atoms with Crippen LogP contribution in [0, 0.1) is 5.41 Å². The molecule has 80 valence electrons. The van der Waals surface area contributed by atoms with Crippen molar-refractivity contribution in [3.8, 4) is 0 Å². The molecule has 0 aromatic heterocycles. The molecule has 0 aromatic carbocycles. The van der Waals surface area contributed by atoms with Crippen LogP contribution in [0.1, 0.15) is 27.7 Å². The molecule has 1 unspecified atom stereocenters. The first-order valence-corrected chi connectivity index (χ1v) is 6.44. The van der Waals surface area contributed by atoms with Crippen LogP contribution in [0.3, 0.4) is 0 Å². The Morgan fingerprint density at radius 1 is 1.64 bits per heavy atom. The average molecular weight is 232 g/mol. The van der Waals surface area contributed by atoms with Crippen molar-refractivity contribution in [2.45, 2.75) is 32.4 Å². The molecule has 1 aliphatic rings. The summed E-state index contributed by atoms with van der Waals surface area (Å²) in [6.07, 6.45) is 0. The largest absolute Gasteiger partial charge is 0.299 e. The first-order valence-electron chi connectivity index (χ1n) is 4.51. The van der Waals surface area contributed by atoms with Crippen LogP contribution in [0.4, 0.5) is 0 Å². The van der Waals surface area contributed by atoms with Gasteiger partial charge in [0.05, 0.1) is 5.75 Å². The number of hydrogen-bond acceptors (Lipinski definition) is 5. The van der Waals surface area contributed by atoms with Crippen LogP contribution < -0.4 is 5.43 Å². The molecule has 0 aromatic rings. The van der Waals surface area contributed by atoms with Crippen molar-refractivity contribution in [2.24, 2.45) is 10.5 Å². The number of rotatable bonds is 3. The second-order valence-electron chi connectivity index (χ2n) is 4.26. The van der Waals surface area contributed by atoms with Crippen LogP contribution in [0.15, 0.2) is 5.10 Å². The van der Waals surface area contributed by atoms with Crippen LogP contribution in [-0.4, -0.2) is 21.3 Å². The number of carbonyl (C=O) groups excluding carboxylic acids is 1. The SMILES string of the molecule is CC(=O)CSC1NN=C(C(C)(C)C)S1. The Labute approximate surface area is 93.5 Å². The highest BCUT2D eigenvalue weighted by molar-refractivity contribution is 8.25. The predicted octanol–water partition coefficient (Wildman–Crippen LogP) is 2.29. The topological polar surface area (TPSA) is 41.5 Å². The van der Waals surface area contributed by atoms with Gasteiger partial charge in [0.1, 0.15) is 15.5 Å². The summed E-state index contributed by atoms with van der Waals surface area (Å²) in [5.41, 5.74) is 3.13. The van der Waals surface area contributed by atoms with Crippen LogP contribution in [-0.2, 0) is 4.79 Å². The monoisotopic (exact) mass is 232 g/mol. The highest BCUT2D eigenvalue weighted by Crippen LogP contribution is 2.34. The fourth-order valence-corrected chi connectivity index (χ4v) is 2.90. The van der Waals surface area contributed by atoms with Gasteiger partial charge in [0.15, 0.2) is 0 Å². The fourth-order valence-electron chi connectivity index (χ4n) is 0.874. The number of thioether (sulfide) groups is 2. The maximum atomic E-state index is 10.8. The molecular weight excluding hydrogens is 216 g/mol. The van der Waals surface area contributed by atoms with Gasteiger partial charge in [-0.3, -0.25) is 10.2 Å². The van der Waals surface area contributed by atoms with Crippen molar-refractivity contribution in [3.05, 3.63) is 0 Å². The number of carbonyl (C=O) groups is 1. The molecule has 0 saturated heterocycles. The molecule has 5 heteroatoms. The summed E-state index contributed by atoms with van der Waals surface area (Å²) in [5.74, 6) is 0.763. The summed E-state index contributed by atoms with van der Waals surface area (Å²) in [6, 6.07) is 0. The second-order valence-corrected chi connectivity index (χ2v) is 6.74. The molecule has 0 spiro atoms. The van der Waals surface area contributed by atoms with Gasteiger partial charge in [-0.1, -0.05) is 32.5 Å². The first kappa shape index (κ1) is 11.9. The van der Waals surface area contributed by atoms with E-state index in [4.69, 9.17) is 0 Å². The molecule has 1 heterocycles. The summed E-state index contributed by atoms with van der Waals surface area (Å²) in [5, 5.41) is 5.37. The smallest absolute Gasteiger partial charge is 0.141 e. The molecule has 3 nitrogen and oxygen atoms in total. The summed E-state index contributed by atoms with van der Waals surface area (Å²) in [7, 11) is 0. The quantitative estimate of drug-likeness (QED) is 0.810. The normalized spacial score (nSPS) is 21.7. The van der Waals surface area contributed by atoms with Gasteiger partial charge in [-0.25, -0.2) is 0 Å². The minimum absolute atomic E-state index is 0.100. The fraction of sp³-hybridized carbons (Fsp3) is 0.778. The van der Waals surface area contributed by atoms with Crippen LogP contribution in [0.5, 0.6) is 0 Å². The lowest BCUT2D eigenvalue weighted by Crippen LogP contribution is -2.15. The maximum absolute atomic E-state index is 10.8. The lowest BCUT2D eigenvalue weighted by atomic mass is 9.99. The third-order valence-corrected chi connectivity index (χ3v) is 4.49. The van der Waals surface area contributed by atoms with Crippen molar-refractivity contribution in [2.75, 3.05) is 5.75 Å². The lowest BCUT2D eigenvalue weighted by molar-refractivity contribution is -0.114. The van der Waals surface area contributed by atoms with Gasteiger partial charge in [0.25, 0.3) is 0 Å². The van der Waals surface area contributed by atoms with Gasteiger partial charge in [-0.2, -0.15) is 5.10 Å². The highest BCUT2D eigenvalue weighted by Gasteiger charge is 2.28. The number of Topliss-reactive ketones (excluding diaryl/α,β-unsaturated/α-hetero) is 1. The Morgan fingerprint density at radius 2 is 2.29 bits per heavy atom. The van der Waals surface area contributed by atoms with E-state index in [1.165, 1.54) is 0 Å². The minimum Gasteiger partial charge on any atom is -0.299 e. The molecule has 0 radical (unpaired) electrons. The van der Waals surface area contributed by atoms with Crippen LogP contribution in [0.25, 0.3) is 0 Å². The Morgan fingerprint density at radius 3 is 2.71 bits per heavy atom. The van der Waals surface area contributed by atoms with E-state index in [2.05, 4.69) is 31.3 Å². The zero-order valence-electron chi connectivity index (χ0n) is 8.96. The van der Waals surface area contributed by atoms with E-state index < -0.39 is 0 Å². The molecule has 0 fully saturated rings. The van der Waals surface area contributed by atoms with E-state index in [1.54, 1.807) is 30.4 Å². The van der Waals surface area contributed by atoms with Gasteiger partial charge < -0.3 is 0 Å². The van der Waals surface area contributed by atoms with Crippen molar-refractivity contribution >= 4 is 34.4 Å². The summed E-state index contributed by atoms with van der Waals surface area (Å²) in [6.45, 7) is 8.02. The van der Waals surface area contributed by atoms with Gasteiger partial charge in [0, 0.05) is 5.41 Å². The van der Waals surface area contributed by atoms with Crippen molar-refractivity contribution in [1.29, 1.82) is 0 Å². The van der Waals surface area contributed by atoms with Crippen LogP contribution >= 0.6 is 23.5 Å². The molecular formula is C9H16N2OS2. The molecule has 14 heavy (non-hydrogen) atoms. The average Bonchev–Trinajstić information content (AvgIpc) is 2.47. The van der Waals surface area contributed by atoms with E-state index in [9.17, 15) is 4.79 Å². The molecule has 0 bridgehead atoms. The summed E-state index contributed by atoms with van der Waals surface area (Å²) in [4.78, 5) is 10.8. The molecule has 1 N–H and O–H groups in total. The zero-order chi connectivity index (χ0) is 10.8. The molecule has 1 rings (SSSR count). The number of nitrogens with zero attached hydrogens (tertiary/aromatic N) is 1. The van der Waals surface area contributed by atoms with Crippen molar-refractivity contribution in [3.63, 3.8) is 0 Å². The first-order chi connectivity index (χ1) is 6.39. The summed E-state index contributed by atoms with van der Waals surface area (Å²) < 4.78 is 0.202. The second kappa shape index (κ2) is 4.57. The number of hydrazone groups is 1. The molecule has 1 atom stereocenters. The van der Waals surface area contributed by atoms with E-state index in [1.807, 2.05) is 0 Å². The van der Waals surface area contributed by atoms with Crippen molar-refractivity contribution in [1.82, 2.24) is 5.43 Å². The Hall–Kier alpha value is -0.160. The Kier molecular flexibility index (Phi) is 3.89. The van der Waals surface area contributed by atoms with E-state index in [-0.39, 0.29) is 15.9 Å². The van der Waals surface area contributed by atoms with Gasteiger partial charge >= 0.3 is 0 Å². The van der Waals surface area contributed by atoms with E-state index >= 15 is 0 Å². The third kappa shape index (κ3) is 3.53. The van der Waals surface area contributed by atoms with E-state index in [0.29, 0.717) is 5.75 Å². The standard InChI is InChI=1S/C9H16N2OS2/c1-6(12)5-13-8-11-10-7(14-8)9(2,3)4/h8,11H,5H2,1-4H3. The van der Waals surface area contributed by atoms with Gasteiger partial charge in [-0.15, -0.1) is 11.8 Å². The molecule has 0 aliphatic carbocycles. The maximum Gasteiger partial charge on any atom is 0.141 e. The predicted molar refractivity (Wildman–Crippen MR) is 64.5 cm³/mol. The van der Waals surface area contributed by atoms with Crippen molar-refractivity contribution < 1.29 is 4.79 Å². The van der Waals surface area contributed by atoms with Crippen LogP contribution in [0.2, 0.25) is 0 Å². The number of hydrogen-bond donors (Lipinski definition) is 1. The van der Waals surface area contributed by atoms with E-state index in [0.717, 1.165) is 5.04 Å². The molecule has 1 aliphatic heterocycles. The summed E-state index contributed by atoms with van der Waals surface area (Å²) >= 11 is 3.31. The number of ketones is 1.